The lowest BCUT2D eigenvalue weighted by molar-refractivity contribution is -0.116. The van der Waals surface area contributed by atoms with E-state index in [1.807, 2.05) is 51.2 Å². The molecule has 0 aliphatic carbocycles. The summed E-state index contributed by atoms with van der Waals surface area (Å²) in [4.78, 5) is 11.5. The number of rotatable bonds is 2. The van der Waals surface area contributed by atoms with Gasteiger partial charge in [0.15, 0.2) is 0 Å². The maximum atomic E-state index is 11.5. The standard InChI is InChI=1S/C12H15NO/c1-4-7-10-9(6-3)12(14)13-11(10)8-5-2/h4-8H,1-3H3,(H,13,14)/b7-4-,8-5-,9-6+. The second kappa shape index (κ2) is 4.61. The topological polar surface area (TPSA) is 29.1 Å². The molecule has 0 unspecified atom stereocenters. The molecule has 14 heavy (non-hydrogen) atoms. The minimum atomic E-state index is -0.0197. The third-order valence-corrected chi connectivity index (χ3v) is 2.03. The van der Waals surface area contributed by atoms with E-state index >= 15 is 0 Å². The molecule has 2 heteroatoms. The van der Waals surface area contributed by atoms with Crippen LogP contribution in [-0.4, -0.2) is 5.91 Å². The van der Waals surface area contributed by atoms with Crippen LogP contribution in [0.4, 0.5) is 0 Å². The largest absolute Gasteiger partial charge is 0.321 e. The van der Waals surface area contributed by atoms with E-state index in [4.69, 9.17) is 0 Å². The van der Waals surface area contributed by atoms with Crippen molar-refractivity contribution in [2.45, 2.75) is 20.8 Å². The van der Waals surface area contributed by atoms with E-state index in [1.54, 1.807) is 0 Å². The van der Waals surface area contributed by atoms with Crippen LogP contribution in [-0.2, 0) is 4.79 Å². The summed E-state index contributed by atoms with van der Waals surface area (Å²) in [5.74, 6) is -0.0197. The second-order valence-corrected chi connectivity index (χ2v) is 2.98. The van der Waals surface area contributed by atoms with Gasteiger partial charge in [-0.05, 0) is 26.8 Å². The lowest BCUT2D eigenvalue weighted by atomic mass is 10.1. The summed E-state index contributed by atoms with van der Waals surface area (Å²) in [5, 5.41) is 2.83. The third-order valence-electron chi connectivity index (χ3n) is 2.03. The lowest BCUT2D eigenvalue weighted by Crippen LogP contribution is -2.15. The second-order valence-electron chi connectivity index (χ2n) is 2.98. The van der Waals surface area contributed by atoms with Crippen molar-refractivity contribution in [3.63, 3.8) is 0 Å². The highest BCUT2D eigenvalue weighted by Gasteiger charge is 2.22. The zero-order chi connectivity index (χ0) is 10.6. The van der Waals surface area contributed by atoms with E-state index in [2.05, 4.69) is 5.32 Å². The van der Waals surface area contributed by atoms with Crippen molar-refractivity contribution in [2.24, 2.45) is 0 Å². The zero-order valence-corrected chi connectivity index (χ0v) is 8.79. The van der Waals surface area contributed by atoms with Gasteiger partial charge in [-0.15, -0.1) is 0 Å². The Hall–Kier alpha value is -1.57. The predicted molar refractivity (Wildman–Crippen MR) is 58.6 cm³/mol. The van der Waals surface area contributed by atoms with Gasteiger partial charge in [0.25, 0.3) is 5.91 Å². The molecule has 0 saturated carbocycles. The van der Waals surface area contributed by atoms with E-state index in [0.717, 1.165) is 16.8 Å². The lowest BCUT2D eigenvalue weighted by Gasteiger charge is -1.95. The van der Waals surface area contributed by atoms with Crippen LogP contribution in [0, 0.1) is 0 Å². The van der Waals surface area contributed by atoms with Crippen LogP contribution in [0.5, 0.6) is 0 Å². The Morgan fingerprint density at radius 2 is 1.71 bits per heavy atom. The number of carbonyl (C=O) groups excluding carboxylic acids is 1. The Morgan fingerprint density at radius 3 is 2.21 bits per heavy atom. The Bertz CT molecular complexity index is 357. The summed E-state index contributed by atoms with van der Waals surface area (Å²) < 4.78 is 0. The average molecular weight is 189 g/mol. The first-order chi connectivity index (χ1) is 6.74. The molecule has 0 aromatic carbocycles. The van der Waals surface area contributed by atoms with Gasteiger partial charge in [-0.1, -0.05) is 24.3 Å². The van der Waals surface area contributed by atoms with Gasteiger partial charge in [-0.3, -0.25) is 4.79 Å². The molecule has 0 aromatic rings. The molecule has 0 spiro atoms. The van der Waals surface area contributed by atoms with Gasteiger partial charge in [0, 0.05) is 16.8 Å². The molecule has 0 radical (unpaired) electrons. The fourth-order valence-corrected chi connectivity index (χ4v) is 1.46. The molecule has 1 aliphatic heterocycles. The first-order valence-electron chi connectivity index (χ1n) is 4.72. The number of hydrogen-bond acceptors (Lipinski definition) is 1. The van der Waals surface area contributed by atoms with E-state index in [1.165, 1.54) is 0 Å². The van der Waals surface area contributed by atoms with Crippen molar-refractivity contribution in [2.75, 3.05) is 0 Å². The molecule has 1 rings (SSSR count). The van der Waals surface area contributed by atoms with Gasteiger partial charge in [0.05, 0.1) is 0 Å². The number of nitrogens with one attached hydrogen (secondary N) is 1. The van der Waals surface area contributed by atoms with Gasteiger partial charge < -0.3 is 5.32 Å². The van der Waals surface area contributed by atoms with Crippen molar-refractivity contribution < 1.29 is 4.79 Å². The highest BCUT2D eigenvalue weighted by molar-refractivity contribution is 6.03. The summed E-state index contributed by atoms with van der Waals surface area (Å²) >= 11 is 0. The van der Waals surface area contributed by atoms with Gasteiger partial charge >= 0.3 is 0 Å². The zero-order valence-electron chi connectivity index (χ0n) is 8.79. The highest BCUT2D eigenvalue weighted by Crippen LogP contribution is 2.22. The van der Waals surface area contributed by atoms with Crippen LogP contribution in [0.2, 0.25) is 0 Å². The van der Waals surface area contributed by atoms with Crippen LogP contribution in [0.15, 0.2) is 47.2 Å². The van der Waals surface area contributed by atoms with Crippen molar-refractivity contribution in [1.82, 2.24) is 5.32 Å². The van der Waals surface area contributed by atoms with Crippen LogP contribution >= 0.6 is 0 Å². The SMILES string of the molecule is C/C=C\C1=C(/C=C\C)C(=C\C)/C(=O)N1. The summed E-state index contributed by atoms with van der Waals surface area (Å²) in [7, 11) is 0. The fraction of sp³-hybridized carbons (Fsp3) is 0.250. The molecule has 0 saturated heterocycles. The summed E-state index contributed by atoms with van der Waals surface area (Å²) in [6, 6.07) is 0. The van der Waals surface area contributed by atoms with Gasteiger partial charge in [0.1, 0.15) is 0 Å². The molecule has 0 bridgehead atoms. The molecule has 0 atom stereocenters. The van der Waals surface area contributed by atoms with Gasteiger partial charge in [-0.25, -0.2) is 0 Å². The number of carbonyl (C=O) groups is 1. The number of allylic oxidation sites excluding steroid dienone is 5. The first kappa shape index (κ1) is 10.5. The summed E-state index contributed by atoms with van der Waals surface area (Å²) in [5.41, 5.74) is 2.60. The Morgan fingerprint density at radius 1 is 1.07 bits per heavy atom. The van der Waals surface area contributed by atoms with E-state index < -0.39 is 0 Å². The fourth-order valence-electron chi connectivity index (χ4n) is 1.46. The maximum Gasteiger partial charge on any atom is 0.256 e. The Kier molecular flexibility index (Phi) is 3.46. The molecule has 1 heterocycles. The van der Waals surface area contributed by atoms with Crippen molar-refractivity contribution in [1.29, 1.82) is 0 Å². The van der Waals surface area contributed by atoms with E-state index in [0.29, 0.717) is 0 Å². The van der Waals surface area contributed by atoms with Crippen LogP contribution in [0.3, 0.4) is 0 Å². The molecule has 0 aromatic heterocycles. The number of amides is 1. The predicted octanol–water partition coefficient (Wildman–Crippen LogP) is 2.47. The molecule has 2 nitrogen and oxygen atoms in total. The molecule has 0 fully saturated rings. The third kappa shape index (κ3) is 1.84. The smallest absolute Gasteiger partial charge is 0.256 e. The van der Waals surface area contributed by atoms with Crippen molar-refractivity contribution >= 4 is 5.91 Å². The molecule has 1 amide bonds. The van der Waals surface area contributed by atoms with Crippen LogP contribution in [0.1, 0.15) is 20.8 Å². The quantitative estimate of drug-likeness (QED) is 0.664. The Balaban J connectivity index is 3.19. The maximum absolute atomic E-state index is 11.5. The number of hydrogen-bond donors (Lipinski definition) is 1. The summed E-state index contributed by atoms with van der Waals surface area (Å²) in [6.45, 7) is 5.74. The van der Waals surface area contributed by atoms with Crippen LogP contribution < -0.4 is 5.32 Å². The van der Waals surface area contributed by atoms with Gasteiger partial charge in [-0.2, -0.15) is 0 Å². The van der Waals surface area contributed by atoms with Crippen molar-refractivity contribution in [3.8, 4) is 0 Å². The van der Waals surface area contributed by atoms with Crippen molar-refractivity contribution in [3.05, 3.63) is 47.2 Å². The van der Waals surface area contributed by atoms with E-state index in [9.17, 15) is 4.79 Å². The molecule has 1 N–H and O–H groups in total. The molecular weight excluding hydrogens is 174 g/mol. The molecule has 74 valence electrons. The Labute approximate surface area is 84.7 Å². The minimum absolute atomic E-state index is 0.0197. The van der Waals surface area contributed by atoms with Crippen LogP contribution in [0.25, 0.3) is 0 Å². The molecule has 1 aliphatic rings. The first-order valence-corrected chi connectivity index (χ1v) is 4.72. The minimum Gasteiger partial charge on any atom is -0.321 e. The normalized spacial score (nSPS) is 20.5. The highest BCUT2D eigenvalue weighted by atomic mass is 16.1. The summed E-state index contributed by atoms with van der Waals surface area (Å²) in [6.07, 6.45) is 9.54. The van der Waals surface area contributed by atoms with Gasteiger partial charge in [0.2, 0.25) is 0 Å². The van der Waals surface area contributed by atoms with E-state index in [-0.39, 0.29) is 5.91 Å². The average Bonchev–Trinajstić information content (AvgIpc) is 2.44. The molecular formula is C12H15NO. The monoisotopic (exact) mass is 189 g/mol.